The molecule has 0 aliphatic carbocycles. The Bertz CT molecular complexity index is 794. The van der Waals surface area contributed by atoms with Crippen molar-refractivity contribution in [1.29, 1.82) is 0 Å². The maximum atomic E-state index is 13.1. The fraction of sp³-hybridized carbons (Fsp3) is 0.409. The number of nitrogens with one attached hydrogen (secondary N) is 2. The molecule has 0 aromatic heterocycles. The lowest BCUT2D eigenvalue weighted by Gasteiger charge is -2.26. The Morgan fingerprint density at radius 1 is 1.03 bits per heavy atom. The van der Waals surface area contributed by atoms with E-state index in [1.54, 1.807) is 26.4 Å². The molecule has 2 aromatic carbocycles. The van der Waals surface area contributed by atoms with Crippen LogP contribution in [0.2, 0.25) is 0 Å². The molecule has 0 aliphatic heterocycles. The monoisotopic (exact) mass is 402 g/mol. The van der Waals surface area contributed by atoms with E-state index < -0.39 is 0 Å². The minimum absolute atomic E-state index is 0.101. The van der Waals surface area contributed by atoms with E-state index in [1.807, 2.05) is 39.2 Å². The number of hydrogen-bond donors (Lipinski definition) is 2. The molecule has 2 rings (SSSR count). The van der Waals surface area contributed by atoms with Gasteiger partial charge in [0.25, 0.3) is 0 Å². The molecule has 0 amide bonds. The molecule has 0 heterocycles. The summed E-state index contributed by atoms with van der Waals surface area (Å²) in [5.74, 6) is 1.88. The van der Waals surface area contributed by atoms with Gasteiger partial charge < -0.3 is 25.0 Å². The van der Waals surface area contributed by atoms with Crippen LogP contribution in [-0.4, -0.2) is 52.3 Å². The summed E-state index contributed by atoms with van der Waals surface area (Å²) in [5, 5.41) is 6.65. The first-order valence-electron chi connectivity index (χ1n) is 9.63. The lowest BCUT2D eigenvalue weighted by Crippen LogP contribution is -2.41. The first kappa shape index (κ1) is 22.5. The maximum absolute atomic E-state index is 13.1. The quantitative estimate of drug-likeness (QED) is 0.498. The summed E-state index contributed by atoms with van der Waals surface area (Å²) in [6, 6.07) is 12.4. The summed E-state index contributed by atoms with van der Waals surface area (Å²) in [4.78, 5) is 6.74. The third kappa shape index (κ3) is 6.64. The average molecular weight is 403 g/mol. The zero-order chi connectivity index (χ0) is 21.2. The van der Waals surface area contributed by atoms with Gasteiger partial charge in [-0.3, -0.25) is 0 Å². The Morgan fingerprint density at radius 2 is 1.72 bits per heavy atom. The summed E-state index contributed by atoms with van der Waals surface area (Å²) < 4.78 is 23.8. The van der Waals surface area contributed by atoms with Crippen LogP contribution >= 0.6 is 0 Å². The number of ether oxygens (including phenoxy) is 2. The number of nitrogens with zero attached hydrogens (tertiary/aromatic N) is 2. The Hall–Kier alpha value is -2.80. The van der Waals surface area contributed by atoms with E-state index >= 15 is 0 Å². The highest BCUT2D eigenvalue weighted by Crippen LogP contribution is 2.31. The van der Waals surface area contributed by atoms with Crippen molar-refractivity contribution in [2.75, 3.05) is 41.4 Å². The number of rotatable bonds is 9. The van der Waals surface area contributed by atoms with E-state index in [2.05, 4.69) is 20.5 Å². The molecule has 0 radical (unpaired) electrons. The molecule has 29 heavy (non-hydrogen) atoms. The molecule has 6 nitrogen and oxygen atoms in total. The van der Waals surface area contributed by atoms with Gasteiger partial charge in [-0.2, -0.15) is 0 Å². The van der Waals surface area contributed by atoms with Crippen molar-refractivity contribution < 1.29 is 13.9 Å². The van der Waals surface area contributed by atoms with Crippen molar-refractivity contribution in [3.05, 3.63) is 59.4 Å². The fourth-order valence-corrected chi connectivity index (χ4v) is 2.95. The Morgan fingerprint density at radius 3 is 2.31 bits per heavy atom. The number of aliphatic imine (C=N–C) groups is 1. The molecule has 1 unspecified atom stereocenters. The predicted molar refractivity (Wildman–Crippen MR) is 115 cm³/mol. The summed E-state index contributed by atoms with van der Waals surface area (Å²) in [6.07, 6.45) is 0. The van der Waals surface area contributed by atoms with Gasteiger partial charge in [-0.1, -0.05) is 18.2 Å². The van der Waals surface area contributed by atoms with E-state index in [-0.39, 0.29) is 11.9 Å². The lowest BCUT2D eigenvalue weighted by molar-refractivity contribution is 0.295. The van der Waals surface area contributed by atoms with Gasteiger partial charge in [0.05, 0.1) is 26.8 Å². The molecule has 0 saturated heterocycles. The van der Waals surface area contributed by atoms with Gasteiger partial charge in [0.2, 0.25) is 0 Å². The van der Waals surface area contributed by atoms with Crippen LogP contribution in [0.25, 0.3) is 0 Å². The summed E-state index contributed by atoms with van der Waals surface area (Å²) in [5.41, 5.74) is 2.06. The van der Waals surface area contributed by atoms with Crippen LogP contribution < -0.4 is 20.1 Å². The van der Waals surface area contributed by atoms with Crippen LogP contribution in [0, 0.1) is 5.82 Å². The van der Waals surface area contributed by atoms with E-state index in [0.717, 1.165) is 17.7 Å². The Kier molecular flexibility index (Phi) is 8.73. The SMILES string of the molecule is CCNC(=NCc1ccc(F)cc1)NCC(c1ccc(OC)c(OC)c1)N(C)C. The molecule has 2 N–H and O–H groups in total. The first-order valence-corrected chi connectivity index (χ1v) is 9.63. The number of hydrogen-bond acceptors (Lipinski definition) is 4. The summed E-state index contributed by atoms with van der Waals surface area (Å²) >= 11 is 0. The molecule has 0 bridgehead atoms. The third-order valence-corrected chi connectivity index (χ3v) is 4.56. The van der Waals surface area contributed by atoms with Crippen molar-refractivity contribution in [2.45, 2.75) is 19.5 Å². The molecule has 0 saturated carbocycles. The Balaban J connectivity index is 2.11. The van der Waals surface area contributed by atoms with Gasteiger partial charge in [0, 0.05) is 13.1 Å². The standard InChI is InChI=1S/C22H31FN4O2/c1-6-24-22(25-14-16-7-10-18(23)11-8-16)26-15-19(27(2)3)17-9-12-20(28-4)21(13-17)29-5/h7-13,19H,6,14-15H2,1-5H3,(H2,24,25,26). The minimum atomic E-state index is -0.244. The smallest absolute Gasteiger partial charge is 0.191 e. The van der Waals surface area contributed by atoms with Crippen LogP contribution in [0.4, 0.5) is 4.39 Å². The maximum Gasteiger partial charge on any atom is 0.191 e. The fourth-order valence-electron chi connectivity index (χ4n) is 2.95. The zero-order valence-electron chi connectivity index (χ0n) is 17.8. The summed E-state index contributed by atoms with van der Waals surface area (Å²) in [6.45, 7) is 3.89. The second-order valence-corrected chi connectivity index (χ2v) is 6.80. The molecular formula is C22H31FN4O2. The molecular weight excluding hydrogens is 371 g/mol. The van der Waals surface area contributed by atoms with Crippen LogP contribution in [0.15, 0.2) is 47.5 Å². The van der Waals surface area contributed by atoms with Crippen molar-refractivity contribution in [3.8, 4) is 11.5 Å². The largest absolute Gasteiger partial charge is 0.493 e. The number of methoxy groups -OCH3 is 2. The van der Waals surface area contributed by atoms with Gasteiger partial charge in [-0.25, -0.2) is 9.38 Å². The molecule has 1 atom stereocenters. The highest BCUT2D eigenvalue weighted by Gasteiger charge is 2.17. The number of benzene rings is 2. The first-order chi connectivity index (χ1) is 14.0. The third-order valence-electron chi connectivity index (χ3n) is 4.56. The zero-order valence-corrected chi connectivity index (χ0v) is 17.8. The molecule has 0 aliphatic rings. The van der Waals surface area contributed by atoms with E-state index in [9.17, 15) is 4.39 Å². The van der Waals surface area contributed by atoms with Gasteiger partial charge in [0.15, 0.2) is 17.5 Å². The van der Waals surface area contributed by atoms with Gasteiger partial charge in [-0.15, -0.1) is 0 Å². The average Bonchev–Trinajstić information content (AvgIpc) is 2.72. The van der Waals surface area contributed by atoms with Crippen LogP contribution in [-0.2, 0) is 6.54 Å². The second-order valence-electron chi connectivity index (χ2n) is 6.80. The van der Waals surface area contributed by atoms with Crippen LogP contribution in [0.1, 0.15) is 24.1 Å². The summed E-state index contributed by atoms with van der Waals surface area (Å²) in [7, 11) is 7.33. The van der Waals surface area contributed by atoms with E-state index in [0.29, 0.717) is 30.5 Å². The topological polar surface area (TPSA) is 58.1 Å². The molecule has 0 spiro atoms. The second kappa shape index (κ2) is 11.3. The van der Waals surface area contributed by atoms with Crippen molar-refractivity contribution in [3.63, 3.8) is 0 Å². The number of guanidine groups is 1. The van der Waals surface area contributed by atoms with E-state index in [1.165, 1.54) is 12.1 Å². The number of likely N-dealkylation sites (N-methyl/N-ethyl adjacent to an activating group) is 1. The minimum Gasteiger partial charge on any atom is -0.493 e. The van der Waals surface area contributed by atoms with E-state index in [4.69, 9.17) is 9.47 Å². The highest BCUT2D eigenvalue weighted by molar-refractivity contribution is 5.79. The highest BCUT2D eigenvalue weighted by atomic mass is 19.1. The van der Waals surface area contributed by atoms with Crippen LogP contribution in [0.3, 0.4) is 0 Å². The van der Waals surface area contributed by atoms with Gasteiger partial charge in [0.1, 0.15) is 5.82 Å². The predicted octanol–water partition coefficient (Wildman–Crippen LogP) is 3.20. The van der Waals surface area contributed by atoms with Crippen molar-refractivity contribution in [2.24, 2.45) is 4.99 Å². The molecule has 7 heteroatoms. The van der Waals surface area contributed by atoms with Crippen molar-refractivity contribution >= 4 is 5.96 Å². The normalized spacial score (nSPS) is 12.6. The van der Waals surface area contributed by atoms with Crippen LogP contribution in [0.5, 0.6) is 11.5 Å². The Labute approximate surface area is 172 Å². The lowest BCUT2D eigenvalue weighted by atomic mass is 10.1. The number of halogens is 1. The molecule has 158 valence electrons. The van der Waals surface area contributed by atoms with Gasteiger partial charge >= 0.3 is 0 Å². The van der Waals surface area contributed by atoms with Gasteiger partial charge in [-0.05, 0) is 56.4 Å². The van der Waals surface area contributed by atoms with Crippen molar-refractivity contribution in [1.82, 2.24) is 15.5 Å². The molecule has 0 fully saturated rings. The molecule has 2 aromatic rings.